The standard InChI is InChI=1S/C21H20N4O3/c1-14-11-19(26)23-21-16-8-4-5-9-17(16)24(25(14)21)13-20(27)22-12-15-7-3-6-10-18(15)28-2/h3-11H,12-13H2,1-2H3,(H,22,27). The molecule has 28 heavy (non-hydrogen) atoms. The van der Waals surface area contributed by atoms with E-state index >= 15 is 0 Å². The predicted octanol–water partition coefficient (Wildman–Crippen LogP) is 2.28. The van der Waals surface area contributed by atoms with Crippen LogP contribution in [0.4, 0.5) is 0 Å². The fourth-order valence-electron chi connectivity index (χ4n) is 3.46. The number of fused-ring (bicyclic) bond motifs is 3. The fraction of sp³-hybridized carbons (Fsp3) is 0.190. The fourth-order valence-corrected chi connectivity index (χ4v) is 3.46. The lowest BCUT2D eigenvalue weighted by Crippen LogP contribution is -2.29. The normalized spacial score (nSPS) is 11.1. The molecule has 4 aromatic rings. The Labute approximate surface area is 161 Å². The lowest BCUT2D eigenvalue weighted by Gasteiger charge is -2.12. The summed E-state index contributed by atoms with van der Waals surface area (Å²) in [6, 6.07) is 16.6. The number of nitrogens with one attached hydrogen (secondary N) is 1. The Bertz CT molecular complexity index is 1240. The number of aryl methyl sites for hydroxylation is 1. The summed E-state index contributed by atoms with van der Waals surface area (Å²) < 4.78 is 8.98. The van der Waals surface area contributed by atoms with Gasteiger partial charge in [-0.15, -0.1) is 0 Å². The lowest BCUT2D eigenvalue weighted by atomic mass is 10.2. The molecular weight excluding hydrogens is 356 g/mol. The maximum Gasteiger partial charge on any atom is 0.273 e. The van der Waals surface area contributed by atoms with E-state index in [4.69, 9.17) is 4.74 Å². The number of nitrogens with zero attached hydrogens (tertiary/aromatic N) is 3. The van der Waals surface area contributed by atoms with Crippen LogP contribution in [0.5, 0.6) is 5.75 Å². The summed E-state index contributed by atoms with van der Waals surface area (Å²) in [5.74, 6) is 0.587. The van der Waals surface area contributed by atoms with Crippen molar-refractivity contribution < 1.29 is 9.53 Å². The van der Waals surface area contributed by atoms with Gasteiger partial charge >= 0.3 is 0 Å². The van der Waals surface area contributed by atoms with E-state index in [1.54, 1.807) is 7.11 Å². The van der Waals surface area contributed by atoms with E-state index in [1.165, 1.54) is 6.07 Å². The molecule has 0 aliphatic rings. The zero-order valence-electron chi connectivity index (χ0n) is 15.7. The molecule has 0 spiro atoms. The number of benzene rings is 2. The number of hydrogen-bond acceptors (Lipinski definition) is 4. The Morgan fingerprint density at radius 3 is 2.71 bits per heavy atom. The quantitative estimate of drug-likeness (QED) is 0.580. The number of carbonyl (C=O) groups is 1. The summed E-state index contributed by atoms with van der Waals surface area (Å²) in [5.41, 5.74) is 2.74. The van der Waals surface area contributed by atoms with Gasteiger partial charge in [0, 0.05) is 29.3 Å². The molecule has 4 rings (SSSR count). The van der Waals surface area contributed by atoms with Crippen LogP contribution in [0.25, 0.3) is 16.6 Å². The number of ether oxygens (including phenoxy) is 1. The second kappa shape index (κ2) is 7.19. The minimum atomic E-state index is -0.291. The molecule has 2 aromatic carbocycles. The van der Waals surface area contributed by atoms with Crippen LogP contribution in [0.3, 0.4) is 0 Å². The third-order valence-corrected chi connectivity index (χ3v) is 4.71. The van der Waals surface area contributed by atoms with Crippen LogP contribution in [0.15, 0.2) is 59.4 Å². The molecule has 2 heterocycles. The minimum Gasteiger partial charge on any atom is -0.496 e. The van der Waals surface area contributed by atoms with E-state index in [1.807, 2.05) is 64.7 Å². The van der Waals surface area contributed by atoms with E-state index in [0.29, 0.717) is 12.2 Å². The maximum absolute atomic E-state index is 12.7. The van der Waals surface area contributed by atoms with Gasteiger partial charge in [-0.05, 0) is 25.1 Å². The van der Waals surface area contributed by atoms with Crippen LogP contribution in [0, 0.1) is 6.92 Å². The van der Waals surface area contributed by atoms with Gasteiger partial charge in [-0.2, -0.15) is 4.98 Å². The largest absolute Gasteiger partial charge is 0.496 e. The van der Waals surface area contributed by atoms with E-state index < -0.39 is 0 Å². The molecule has 7 heteroatoms. The molecule has 1 amide bonds. The lowest BCUT2D eigenvalue weighted by molar-refractivity contribution is -0.122. The Morgan fingerprint density at radius 1 is 1.14 bits per heavy atom. The van der Waals surface area contributed by atoms with Gasteiger partial charge in [-0.25, -0.2) is 4.52 Å². The summed E-state index contributed by atoms with van der Waals surface area (Å²) in [4.78, 5) is 28.7. The van der Waals surface area contributed by atoms with Gasteiger partial charge in [0.15, 0.2) is 5.65 Å². The molecule has 0 radical (unpaired) electrons. The highest BCUT2D eigenvalue weighted by Crippen LogP contribution is 2.21. The van der Waals surface area contributed by atoms with Crippen molar-refractivity contribution in [2.24, 2.45) is 0 Å². The summed E-state index contributed by atoms with van der Waals surface area (Å²) >= 11 is 0. The second-order valence-electron chi connectivity index (χ2n) is 6.53. The van der Waals surface area contributed by atoms with Gasteiger partial charge < -0.3 is 10.1 Å². The first-order valence-corrected chi connectivity index (χ1v) is 8.95. The molecule has 0 aliphatic heterocycles. The van der Waals surface area contributed by atoms with Crippen molar-refractivity contribution >= 4 is 22.5 Å². The number of hydrogen-bond donors (Lipinski definition) is 1. The highest BCUT2D eigenvalue weighted by atomic mass is 16.5. The minimum absolute atomic E-state index is 0.102. The molecule has 142 valence electrons. The monoisotopic (exact) mass is 376 g/mol. The van der Waals surface area contributed by atoms with E-state index in [0.717, 1.165) is 27.9 Å². The molecule has 0 unspecified atom stereocenters. The topological polar surface area (TPSA) is 77.6 Å². The van der Waals surface area contributed by atoms with Gasteiger partial charge in [0.25, 0.3) is 5.56 Å². The number of aromatic nitrogens is 3. The van der Waals surface area contributed by atoms with E-state index in [-0.39, 0.29) is 18.0 Å². The van der Waals surface area contributed by atoms with Gasteiger partial charge in [-0.3, -0.25) is 14.3 Å². The second-order valence-corrected chi connectivity index (χ2v) is 6.53. The number of carbonyl (C=O) groups excluding carboxylic acids is 1. The molecule has 0 saturated carbocycles. The van der Waals surface area contributed by atoms with Crippen molar-refractivity contribution in [2.75, 3.05) is 7.11 Å². The first kappa shape index (κ1) is 17.8. The Kier molecular flexibility index (Phi) is 4.57. The van der Waals surface area contributed by atoms with Crippen molar-refractivity contribution in [3.8, 4) is 5.75 Å². The van der Waals surface area contributed by atoms with Crippen LogP contribution in [-0.4, -0.2) is 27.2 Å². The highest BCUT2D eigenvalue weighted by molar-refractivity contribution is 5.93. The van der Waals surface area contributed by atoms with Crippen molar-refractivity contribution in [3.05, 3.63) is 76.2 Å². The zero-order valence-corrected chi connectivity index (χ0v) is 15.7. The Hall–Kier alpha value is -3.61. The molecule has 1 N–H and O–H groups in total. The third-order valence-electron chi connectivity index (χ3n) is 4.71. The molecule has 0 saturated heterocycles. The summed E-state index contributed by atoms with van der Waals surface area (Å²) in [6.45, 7) is 2.30. The molecule has 7 nitrogen and oxygen atoms in total. The summed E-state index contributed by atoms with van der Waals surface area (Å²) in [7, 11) is 1.61. The Balaban J connectivity index is 1.67. The van der Waals surface area contributed by atoms with Crippen molar-refractivity contribution in [1.82, 2.24) is 19.5 Å². The molecule has 0 fully saturated rings. The van der Waals surface area contributed by atoms with Gasteiger partial charge in [0.2, 0.25) is 5.91 Å². The van der Waals surface area contributed by atoms with E-state index in [2.05, 4.69) is 10.3 Å². The zero-order chi connectivity index (χ0) is 19.7. The molecule has 0 aliphatic carbocycles. The molecule has 2 aromatic heterocycles. The Morgan fingerprint density at radius 2 is 1.89 bits per heavy atom. The van der Waals surface area contributed by atoms with Gasteiger partial charge in [-0.1, -0.05) is 30.3 Å². The highest BCUT2D eigenvalue weighted by Gasteiger charge is 2.15. The predicted molar refractivity (Wildman–Crippen MR) is 107 cm³/mol. The average Bonchev–Trinajstić information content (AvgIpc) is 3.00. The maximum atomic E-state index is 12.7. The van der Waals surface area contributed by atoms with Gasteiger partial charge in [0.05, 0.1) is 12.6 Å². The van der Waals surface area contributed by atoms with Crippen molar-refractivity contribution in [2.45, 2.75) is 20.0 Å². The first-order valence-electron chi connectivity index (χ1n) is 8.95. The van der Waals surface area contributed by atoms with Crippen LogP contribution in [0.2, 0.25) is 0 Å². The first-order chi connectivity index (χ1) is 13.6. The number of para-hydroxylation sites is 2. The van der Waals surface area contributed by atoms with Crippen LogP contribution in [0.1, 0.15) is 11.3 Å². The molecule has 0 atom stereocenters. The number of amides is 1. The number of methoxy groups -OCH3 is 1. The molecule has 0 bridgehead atoms. The summed E-state index contributed by atoms with van der Waals surface area (Å²) in [5, 5.41) is 3.77. The van der Waals surface area contributed by atoms with Crippen LogP contribution < -0.4 is 15.6 Å². The SMILES string of the molecule is COc1ccccc1CNC(=O)Cn1c2ccccc2c2nc(=O)cc(C)n21. The molecular formula is C21H20N4O3. The van der Waals surface area contributed by atoms with Crippen LogP contribution >= 0.6 is 0 Å². The smallest absolute Gasteiger partial charge is 0.273 e. The summed E-state index contributed by atoms with van der Waals surface area (Å²) in [6.07, 6.45) is 0. The van der Waals surface area contributed by atoms with E-state index in [9.17, 15) is 9.59 Å². The van der Waals surface area contributed by atoms with Crippen molar-refractivity contribution in [1.29, 1.82) is 0 Å². The van der Waals surface area contributed by atoms with Gasteiger partial charge in [0.1, 0.15) is 12.3 Å². The number of rotatable bonds is 5. The average molecular weight is 376 g/mol. The third kappa shape index (κ3) is 3.11. The van der Waals surface area contributed by atoms with Crippen LogP contribution in [-0.2, 0) is 17.9 Å². The van der Waals surface area contributed by atoms with Crippen molar-refractivity contribution in [3.63, 3.8) is 0 Å².